The van der Waals surface area contributed by atoms with Crippen LogP contribution in [0.25, 0.3) is 0 Å². The summed E-state index contributed by atoms with van der Waals surface area (Å²) < 4.78 is 5.54. The monoisotopic (exact) mass is 286 g/mol. The van der Waals surface area contributed by atoms with Crippen molar-refractivity contribution in [2.75, 3.05) is 26.3 Å². The van der Waals surface area contributed by atoms with Gasteiger partial charge in [-0.15, -0.1) is 0 Å². The van der Waals surface area contributed by atoms with E-state index < -0.39 is 0 Å². The van der Waals surface area contributed by atoms with Gasteiger partial charge in [-0.05, 0) is 40.0 Å². The summed E-state index contributed by atoms with van der Waals surface area (Å²) in [7, 11) is 0. The van der Waals surface area contributed by atoms with E-state index in [-0.39, 0.29) is 30.2 Å². The molecule has 0 aliphatic carbocycles. The van der Waals surface area contributed by atoms with Crippen LogP contribution in [0.2, 0.25) is 0 Å². The van der Waals surface area contributed by atoms with E-state index in [0.717, 1.165) is 32.4 Å². The fourth-order valence-electron chi connectivity index (χ4n) is 2.34. The zero-order valence-electron chi connectivity index (χ0n) is 13.3. The lowest BCUT2D eigenvalue weighted by Crippen LogP contribution is -2.53. The molecule has 0 aromatic heterocycles. The first-order valence-corrected chi connectivity index (χ1v) is 7.68. The lowest BCUT2D eigenvalue weighted by molar-refractivity contribution is -0.128. The fourth-order valence-corrected chi connectivity index (χ4v) is 2.34. The molecule has 0 aromatic rings. The van der Waals surface area contributed by atoms with Crippen LogP contribution >= 0.6 is 0 Å². The van der Waals surface area contributed by atoms with Gasteiger partial charge in [-0.2, -0.15) is 0 Å². The van der Waals surface area contributed by atoms with E-state index >= 15 is 0 Å². The van der Waals surface area contributed by atoms with Crippen LogP contribution < -0.4 is 5.32 Å². The highest BCUT2D eigenvalue weighted by molar-refractivity contribution is 5.82. The summed E-state index contributed by atoms with van der Waals surface area (Å²) in [5.41, 5.74) is -0.145. The van der Waals surface area contributed by atoms with Crippen molar-refractivity contribution in [3.8, 4) is 0 Å². The molecule has 2 N–H and O–H groups in total. The van der Waals surface area contributed by atoms with Crippen molar-refractivity contribution in [2.45, 2.75) is 64.6 Å². The molecule has 1 amide bonds. The van der Waals surface area contributed by atoms with E-state index in [1.165, 1.54) is 0 Å². The second kappa shape index (κ2) is 7.96. The Morgan fingerprint density at radius 2 is 2.05 bits per heavy atom. The summed E-state index contributed by atoms with van der Waals surface area (Å²) in [6.45, 7) is 10.4. The molecule has 1 aliphatic heterocycles. The first-order valence-electron chi connectivity index (χ1n) is 7.68. The number of rotatable bonds is 7. The lowest BCUT2D eigenvalue weighted by Gasteiger charge is -2.36. The number of carbonyl (C=O) groups is 1. The molecule has 1 aliphatic rings. The Labute approximate surface area is 122 Å². The Morgan fingerprint density at radius 3 is 2.55 bits per heavy atom. The summed E-state index contributed by atoms with van der Waals surface area (Å²) in [5.74, 6) is 0.103. The molecule has 0 bridgehead atoms. The number of aliphatic hydroxyl groups excluding tert-OH is 1. The van der Waals surface area contributed by atoms with Crippen LogP contribution in [0.15, 0.2) is 0 Å². The molecule has 1 atom stereocenters. The van der Waals surface area contributed by atoms with Gasteiger partial charge in [-0.3, -0.25) is 9.69 Å². The van der Waals surface area contributed by atoms with Gasteiger partial charge < -0.3 is 15.2 Å². The van der Waals surface area contributed by atoms with Gasteiger partial charge >= 0.3 is 0 Å². The molecule has 20 heavy (non-hydrogen) atoms. The average Bonchev–Trinajstić information content (AvgIpc) is 2.44. The number of ether oxygens (including phenoxy) is 1. The van der Waals surface area contributed by atoms with Gasteiger partial charge in [-0.25, -0.2) is 0 Å². The number of piperidine rings is 1. The molecule has 1 fully saturated rings. The third kappa shape index (κ3) is 5.38. The Balaban J connectivity index is 2.38. The van der Waals surface area contributed by atoms with Gasteiger partial charge in [0.2, 0.25) is 5.91 Å². The van der Waals surface area contributed by atoms with Gasteiger partial charge in [0.15, 0.2) is 0 Å². The van der Waals surface area contributed by atoms with Crippen LogP contribution in [0.5, 0.6) is 0 Å². The predicted octanol–water partition coefficient (Wildman–Crippen LogP) is 1.15. The zero-order chi connectivity index (χ0) is 15.2. The molecule has 5 heteroatoms. The molecule has 1 unspecified atom stereocenters. The third-order valence-corrected chi connectivity index (χ3v) is 4.19. The van der Waals surface area contributed by atoms with E-state index in [4.69, 9.17) is 9.84 Å². The minimum atomic E-state index is -0.145. The summed E-state index contributed by atoms with van der Waals surface area (Å²) in [5, 5.41) is 11.9. The van der Waals surface area contributed by atoms with E-state index in [1.54, 1.807) is 0 Å². The maximum absolute atomic E-state index is 12.3. The van der Waals surface area contributed by atoms with Crippen molar-refractivity contribution in [2.24, 2.45) is 0 Å². The number of hydrogen-bond acceptors (Lipinski definition) is 4. The smallest absolute Gasteiger partial charge is 0.237 e. The number of hydrogen-bond donors (Lipinski definition) is 2. The van der Waals surface area contributed by atoms with E-state index in [2.05, 4.69) is 17.1 Å². The van der Waals surface area contributed by atoms with Gasteiger partial charge in [0, 0.05) is 18.6 Å². The Hall–Kier alpha value is -0.650. The minimum Gasteiger partial charge on any atom is -0.394 e. The Bertz CT molecular complexity index is 299. The van der Waals surface area contributed by atoms with Crippen LogP contribution in [0.3, 0.4) is 0 Å². The highest BCUT2D eigenvalue weighted by atomic mass is 16.5. The van der Waals surface area contributed by atoms with Gasteiger partial charge in [0.1, 0.15) is 0 Å². The number of nitrogens with zero attached hydrogens (tertiary/aromatic N) is 1. The predicted molar refractivity (Wildman–Crippen MR) is 79.6 cm³/mol. The van der Waals surface area contributed by atoms with Crippen molar-refractivity contribution in [3.63, 3.8) is 0 Å². The number of likely N-dealkylation sites (tertiary alicyclic amines) is 1. The molecular weight excluding hydrogens is 256 g/mol. The first-order chi connectivity index (χ1) is 9.39. The van der Waals surface area contributed by atoms with Gasteiger partial charge in [-0.1, -0.05) is 6.92 Å². The molecule has 0 spiro atoms. The van der Waals surface area contributed by atoms with Crippen molar-refractivity contribution in [1.82, 2.24) is 10.2 Å². The largest absolute Gasteiger partial charge is 0.394 e. The topological polar surface area (TPSA) is 61.8 Å². The molecule has 0 aromatic carbocycles. The maximum atomic E-state index is 12.3. The molecule has 1 rings (SSSR count). The van der Waals surface area contributed by atoms with Crippen molar-refractivity contribution in [1.29, 1.82) is 0 Å². The van der Waals surface area contributed by atoms with Crippen LogP contribution in [0.1, 0.15) is 47.0 Å². The number of aliphatic hydroxyl groups is 1. The standard InChI is InChI=1S/C15H30N2O3/c1-5-15(3,4)16-14(19)12(2)17-8-6-13(7-9-17)20-11-10-18/h12-13,18H,5-11H2,1-4H3,(H,16,19). The molecule has 0 saturated carbocycles. The first kappa shape index (κ1) is 17.4. The average molecular weight is 286 g/mol. The van der Waals surface area contributed by atoms with E-state index in [0.29, 0.717) is 6.61 Å². The molecule has 5 nitrogen and oxygen atoms in total. The van der Waals surface area contributed by atoms with Crippen molar-refractivity contribution < 1.29 is 14.6 Å². The third-order valence-electron chi connectivity index (χ3n) is 4.19. The summed E-state index contributed by atoms with van der Waals surface area (Å²) in [6, 6.07) is -0.0976. The number of nitrogens with one attached hydrogen (secondary N) is 1. The van der Waals surface area contributed by atoms with Crippen molar-refractivity contribution >= 4 is 5.91 Å². The van der Waals surface area contributed by atoms with Crippen LogP contribution in [-0.4, -0.2) is 59.9 Å². The van der Waals surface area contributed by atoms with Crippen LogP contribution in [-0.2, 0) is 9.53 Å². The highest BCUT2D eigenvalue weighted by Crippen LogP contribution is 2.17. The quantitative estimate of drug-likeness (QED) is 0.737. The fraction of sp³-hybridized carbons (Fsp3) is 0.933. The normalized spacial score (nSPS) is 19.9. The molecule has 1 saturated heterocycles. The van der Waals surface area contributed by atoms with Crippen molar-refractivity contribution in [3.05, 3.63) is 0 Å². The van der Waals surface area contributed by atoms with E-state index in [9.17, 15) is 4.79 Å². The summed E-state index contributed by atoms with van der Waals surface area (Å²) >= 11 is 0. The Morgan fingerprint density at radius 1 is 1.45 bits per heavy atom. The SMILES string of the molecule is CCC(C)(C)NC(=O)C(C)N1CCC(OCCO)CC1. The van der Waals surface area contributed by atoms with Crippen LogP contribution in [0, 0.1) is 0 Å². The highest BCUT2D eigenvalue weighted by Gasteiger charge is 2.29. The number of carbonyl (C=O) groups excluding carboxylic acids is 1. The lowest BCUT2D eigenvalue weighted by atomic mass is 10.0. The summed E-state index contributed by atoms with van der Waals surface area (Å²) in [6.07, 6.45) is 2.99. The molecular formula is C15H30N2O3. The number of amides is 1. The van der Waals surface area contributed by atoms with Gasteiger partial charge in [0.05, 0.1) is 25.4 Å². The second-order valence-electron chi connectivity index (χ2n) is 6.23. The van der Waals surface area contributed by atoms with Crippen LogP contribution in [0.4, 0.5) is 0 Å². The Kier molecular flexibility index (Phi) is 6.92. The molecule has 0 radical (unpaired) electrons. The minimum absolute atomic E-state index is 0.0745. The zero-order valence-corrected chi connectivity index (χ0v) is 13.3. The van der Waals surface area contributed by atoms with E-state index in [1.807, 2.05) is 20.8 Å². The molecule has 1 heterocycles. The van der Waals surface area contributed by atoms with Gasteiger partial charge in [0.25, 0.3) is 0 Å². The second-order valence-corrected chi connectivity index (χ2v) is 6.23. The summed E-state index contributed by atoms with van der Waals surface area (Å²) in [4.78, 5) is 14.5. The maximum Gasteiger partial charge on any atom is 0.237 e. The molecule has 118 valence electrons.